The van der Waals surface area contributed by atoms with Crippen molar-refractivity contribution in [2.45, 2.75) is 13.3 Å². The lowest BCUT2D eigenvalue weighted by Gasteiger charge is -2.14. The summed E-state index contributed by atoms with van der Waals surface area (Å²) in [4.78, 5) is 14.6. The summed E-state index contributed by atoms with van der Waals surface area (Å²) in [5.41, 5.74) is 1.98. The Labute approximate surface area is 105 Å². The Kier molecular flexibility index (Phi) is 3.88. The van der Waals surface area contributed by atoms with Crippen molar-refractivity contribution in [3.63, 3.8) is 0 Å². The second-order valence-electron chi connectivity index (χ2n) is 4.28. The van der Waals surface area contributed by atoms with Crippen LogP contribution in [0.15, 0.2) is 23.9 Å². The van der Waals surface area contributed by atoms with Gasteiger partial charge in [0.1, 0.15) is 5.82 Å². The Morgan fingerprint density at radius 3 is 3.11 bits per heavy atom. The Balaban J connectivity index is 2.03. The largest absolute Gasteiger partial charge is 0.366 e. The van der Waals surface area contributed by atoms with Gasteiger partial charge in [0, 0.05) is 24.8 Å². The van der Waals surface area contributed by atoms with E-state index < -0.39 is 0 Å². The summed E-state index contributed by atoms with van der Waals surface area (Å²) in [5.74, 6) is 0.548. The lowest BCUT2D eigenvalue weighted by molar-refractivity contribution is -0.385. The van der Waals surface area contributed by atoms with Gasteiger partial charge in [0.2, 0.25) is 0 Å². The predicted molar refractivity (Wildman–Crippen MR) is 69.7 cm³/mol. The molecule has 0 bridgehead atoms. The minimum absolute atomic E-state index is 0.104. The number of aromatic nitrogens is 1. The van der Waals surface area contributed by atoms with Crippen LogP contribution in [-0.2, 0) is 0 Å². The zero-order chi connectivity index (χ0) is 13.0. The van der Waals surface area contributed by atoms with Gasteiger partial charge in [0.25, 0.3) is 5.69 Å². The molecule has 0 saturated heterocycles. The van der Waals surface area contributed by atoms with Gasteiger partial charge in [-0.15, -0.1) is 0 Å². The number of nitrogens with one attached hydrogen (secondary N) is 2. The number of hydrogen-bond donors (Lipinski definition) is 2. The zero-order valence-electron chi connectivity index (χ0n) is 10.3. The van der Waals surface area contributed by atoms with E-state index in [0.29, 0.717) is 17.9 Å². The van der Waals surface area contributed by atoms with Crippen LogP contribution >= 0.6 is 0 Å². The first kappa shape index (κ1) is 12.5. The van der Waals surface area contributed by atoms with Gasteiger partial charge in [0.05, 0.1) is 11.0 Å². The predicted octanol–water partition coefficient (Wildman–Crippen LogP) is 1.63. The van der Waals surface area contributed by atoms with Crippen molar-refractivity contribution in [2.75, 3.05) is 25.0 Å². The summed E-state index contributed by atoms with van der Waals surface area (Å²) in [6.07, 6.45) is 4.66. The lowest BCUT2D eigenvalue weighted by atomic mass is 10.1. The minimum atomic E-state index is -0.383. The van der Waals surface area contributed by atoms with Crippen molar-refractivity contribution in [1.29, 1.82) is 0 Å². The fraction of sp³-hybridized carbons (Fsp3) is 0.417. The van der Waals surface area contributed by atoms with Crippen LogP contribution in [0.2, 0.25) is 0 Å². The quantitative estimate of drug-likeness (QED) is 0.481. The van der Waals surface area contributed by atoms with E-state index in [0.717, 1.165) is 19.5 Å². The maximum atomic E-state index is 10.8. The molecule has 18 heavy (non-hydrogen) atoms. The summed E-state index contributed by atoms with van der Waals surface area (Å²) in [6.45, 7) is 4.24. The van der Waals surface area contributed by atoms with Crippen molar-refractivity contribution in [3.05, 3.63) is 39.6 Å². The van der Waals surface area contributed by atoms with Gasteiger partial charge in [0.15, 0.2) is 0 Å². The van der Waals surface area contributed by atoms with Crippen LogP contribution in [0.25, 0.3) is 0 Å². The molecule has 0 spiro atoms. The van der Waals surface area contributed by atoms with Crippen LogP contribution in [-0.4, -0.2) is 29.5 Å². The number of nitro groups is 1. The summed E-state index contributed by atoms with van der Waals surface area (Å²) in [7, 11) is 0. The third kappa shape index (κ3) is 3.04. The van der Waals surface area contributed by atoms with Gasteiger partial charge in [-0.3, -0.25) is 10.1 Å². The normalized spacial score (nSPS) is 15.1. The number of anilines is 1. The van der Waals surface area contributed by atoms with Crippen LogP contribution in [0.4, 0.5) is 11.5 Å². The molecule has 1 aliphatic heterocycles. The second-order valence-corrected chi connectivity index (χ2v) is 4.28. The van der Waals surface area contributed by atoms with Gasteiger partial charge in [-0.25, -0.2) is 4.98 Å². The van der Waals surface area contributed by atoms with E-state index in [1.54, 1.807) is 6.92 Å². The molecular formula is C12H16N4O2. The monoisotopic (exact) mass is 248 g/mol. The molecule has 1 aromatic heterocycles. The fourth-order valence-electron chi connectivity index (χ4n) is 1.84. The maximum Gasteiger partial charge on any atom is 0.277 e. The van der Waals surface area contributed by atoms with Gasteiger partial charge in [-0.1, -0.05) is 11.6 Å². The Hall–Kier alpha value is -1.95. The smallest absolute Gasteiger partial charge is 0.277 e. The van der Waals surface area contributed by atoms with Crippen molar-refractivity contribution in [2.24, 2.45) is 0 Å². The standard InChI is InChI=1S/C12H16N4O2/c1-9-7-14-12(6-11(9)16(17)18)15-8-10-2-4-13-5-3-10/h2,6-7,13H,3-5,8H2,1H3,(H,14,15). The second kappa shape index (κ2) is 5.59. The van der Waals surface area contributed by atoms with Gasteiger partial charge < -0.3 is 10.6 Å². The summed E-state index contributed by atoms with van der Waals surface area (Å²) >= 11 is 0. The number of rotatable bonds is 4. The first-order valence-electron chi connectivity index (χ1n) is 5.90. The summed E-state index contributed by atoms with van der Waals surface area (Å²) in [5, 5.41) is 17.2. The number of pyridine rings is 1. The van der Waals surface area contributed by atoms with E-state index in [-0.39, 0.29) is 10.6 Å². The van der Waals surface area contributed by atoms with Crippen LogP contribution in [0, 0.1) is 17.0 Å². The fourth-order valence-corrected chi connectivity index (χ4v) is 1.84. The van der Waals surface area contributed by atoms with E-state index in [1.165, 1.54) is 17.8 Å². The Bertz CT molecular complexity index is 485. The summed E-state index contributed by atoms with van der Waals surface area (Å²) in [6, 6.07) is 1.48. The van der Waals surface area contributed by atoms with Gasteiger partial charge >= 0.3 is 0 Å². The first-order chi connectivity index (χ1) is 8.66. The third-order valence-corrected chi connectivity index (χ3v) is 2.93. The average Bonchev–Trinajstić information content (AvgIpc) is 2.38. The van der Waals surface area contributed by atoms with Crippen LogP contribution in [0.1, 0.15) is 12.0 Å². The molecule has 0 unspecified atom stereocenters. The average molecular weight is 248 g/mol. The van der Waals surface area contributed by atoms with E-state index in [9.17, 15) is 10.1 Å². The van der Waals surface area contributed by atoms with Gasteiger partial charge in [-0.2, -0.15) is 0 Å². The molecule has 0 amide bonds. The molecule has 0 atom stereocenters. The third-order valence-electron chi connectivity index (χ3n) is 2.93. The molecule has 0 aliphatic carbocycles. The number of aryl methyl sites for hydroxylation is 1. The molecule has 96 valence electrons. The highest BCUT2D eigenvalue weighted by Crippen LogP contribution is 2.20. The molecule has 2 rings (SSSR count). The SMILES string of the molecule is Cc1cnc(NCC2=CCNCC2)cc1[N+](=O)[O-]. The highest BCUT2D eigenvalue weighted by atomic mass is 16.6. The van der Waals surface area contributed by atoms with E-state index in [2.05, 4.69) is 21.7 Å². The van der Waals surface area contributed by atoms with E-state index >= 15 is 0 Å². The molecule has 2 heterocycles. The molecule has 0 radical (unpaired) electrons. The van der Waals surface area contributed by atoms with Crippen molar-refractivity contribution < 1.29 is 4.92 Å². The summed E-state index contributed by atoms with van der Waals surface area (Å²) < 4.78 is 0. The van der Waals surface area contributed by atoms with Crippen molar-refractivity contribution in [1.82, 2.24) is 10.3 Å². The molecule has 1 aliphatic rings. The molecule has 6 heteroatoms. The van der Waals surface area contributed by atoms with E-state index in [1.807, 2.05) is 0 Å². The lowest BCUT2D eigenvalue weighted by Crippen LogP contribution is -2.23. The van der Waals surface area contributed by atoms with Crippen LogP contribution < -0.4 is 10.6 Å². The highest BCUT2D eigenvalue weighted by molar-refractivity contribution is 5.49. The van der Waals surface area contributed by atoms with Gasteiger partial charge in [-0.05, 0) is 19.9 Å². The Morgan fingerprint density at radius 2 is 2.44 bits per heavy atom. The number of nitrogens with zero attached hydrogens (tertiary/aromatic N) is 2. The molecule has 1 aromatic rings. The van der Waals surface area contributed by atoms with Crippen molar-refractivity contribution >= 4 is 11.5 Å². The topological polar surface area (TPSA) is 80.1 Å². The Morgan fingerprint density at radius 1 is 1.61 bits per heavy atom. The van der Waals surface area contributed by atoms with Crippen LogP contribution in [0.3, 0.4) is 0 Å². The first-order valence-corrected chi connectivity index (χ1v) is 5.90. The maximum absolute atomic E-state index is 10.8. The molecule has 2 N–H and O–H groups in total. The van der Waals surface area contributed by atoms with Crippen LogP contribution in [0.5, 0.6) is 0 Å². The van der Waals surface area contributed by atoms with Crippen molar-refractivity contribution in [3.8, 4) is 0 Å². The van der Waals surface area contributed by atoms with E-state index in [4.69, 9.17) is 0 Å². The highest BCUT2D eigenvalue weighted by Gasteiger charge is 2.12. The molecule has 0 aromatic carbocycles. The molecule has 0 fully saturated rings. The zero-order valence-corrected chi connectivity index (χ0v) is 10.3. The molecule has 0 saturated carbocycles. The molecule has 6 nitrogen and oxygen atoms in total. The molecular weight excluding hydrogens is 232 g/mol. The number of hydrogen-bond acceptors (Lipinski definition) is 5. The minimum Gasteiger partial charge on any atom is -0.366 e.